The van der Waals surface area contributed by atoms with Crippen LogP contribution in [0.2, 0.25) is 0 Å². The van der Waals surface area contributed by atoms with E-state index in [1.165, 1.54) is 11.1 Å². The molecule has 0 saturated heterocycles. The number of ether oxygens (including phenoxy) is 2. The number of aliphatic imine (C=N–C) groups is 1. The van der Waals surface area contributed by atoms with E-state index in [1.54, 1.807) is 0 Å². The molecule has 2 N–H and O–H groups in total. The van der Waals surface area contributed by atoms with Gasteiger partial charge in [0.15, 0.2) is 11.6 Å². The predicted molar refractivity (Wildman–Crippen MR) is 185 cm³/mol. The molecule has 6 heteroatoms. The fourth-order valence-corrected chi connectivity index (χ4v) is 6.64. The van der Waals surface area contributed by atoms with Gasteiger partial charge in [-0.2, -0.15) is 0 Å². The van der Waals surface area contributed by atoms with Gasteiger partial charge in [0.05, 0.1) is 6.61 Å². The van der Waals surface area contributed by atoms with Crippen molar-refractivity contribution in [3.63, 3.8) is 0 Å². The second kappa shape index (κ2) is 13.7. The normalized spacial score (nSPS) is 18.7. The molecule has 2 aliphatic rings. The summed E-state index contributed by atoms with van der Waals surface area (Å²) in [5.41, 5.74) is 6.16. The van der Waals surface area contributed by atoms with Crippen molar-refractivity contribution in [3.05, 3.63) is 161 Å². The van der Waals surface area contributed by atoms with Gasteiger partial charge in [-0.15, -0.1) is 0 Å². The first-order chi connectivity index (χ1) is 23.1. The number of aliphatic hydroxyl groups is 1. The van der Waals surface area contributed by atoms with Crippen LogP contribution >= 0.6 is 0 Å². The Kier molecular flexibility index (Phi) is 8.85. The summed E-state index contributed by atoms with van der Waals surface area (Å²) in [4.78, 5) is 20.0. The molecule has 0 spiro atoms. The van der Waals surface area contributed by atoms with Crippen LogP contribution in [-0.2, 0) is 28.8 Å². The number of carbonyl (C=O) groups excluding carboxylic acids is 1. The van der Waals surface area contributed by atoms with E-state index >= 15 is 0 Å². The highest BCUT2D eigenvalue weighted by molar-refractivity contribution is 6.01. The van der Waals surface area contributed by atoms with Gasteiger partial charge in [0, 0.05) is 31.1 Å². The first-order valence-corrected chi connectivity index (χ1v) is 16.3. The number of amides is 1. The van der Waals surface area contributed by atoms with Gasteiger partial charge < -0.3 is 19.9 Å². The zero-order valence-electron chi connectivity index (χ0n) is 26.2. The fraction of sp³-hybridized carbons (Fsp3) is 0.220. The van der Waals surface area contributed by atoms with Crippen LogP contribution in [0.1, 0.15) is 40.3 Å². The van der Waals surface area contributed by atoms with E-state index in [4.69, 9.17) is 19.6 Å². The highest BCUT2D eigenvalue weighted by Crippen LogP contribution is 2.43. The molecule has 2 atom stereocenters. The maximum atomic E-state index is 14.8. The maximum Gasteiger partial charge on any atom is 0.252 e. The third-order valence-electron chi connectivity index (χ3n) is 9.05. The average molecular weight is 623 g/mol. The number of hydrogen-bond donors (Lipinski definition) is 2. The second-order valence-electron chi connectivity index (χ2n) is 12.3. The minimum absolute atomic E-state index is 0.0248. The summed E-state index contributed by atoms with van der Waals surface area (Å²) in [6.45, 7) is 0.509. The van der Waals surface area contributed by atoms with Gasteiger partial charge >= 0.3 is 0 Å². The lowest BCUT2D eigenvalue weighted by Gasteiger charge is -2.32. The summed E-state index contributed by atoms with van der Waals surface area (Å²) < 4.78 is 12.5. The van der Waals surface area contributed by atoms with Crippen molar-refractivity contribution in [1.29, 1.82) is 0 Å². The number of nitrogens with one attached hydrogen (secondary N) is 1. The monoisotopic (exact) mass is 622 g/mol. The summed E-state index contributed by atoms with van der Waals surface area (Å²) in [6, 6.07) is 44.5. The highest BCUT2D eigenvalue weighted by atomic mass is 16.5. The molecule has 0 fully saturated rings. The van der Waals surface area contributed by atoms with Gasteiger partial charge in [0.1, 0.15) is 5.75 Å². The zero-order valence-corrected chi connectivity index (χ0v) is 26.2. The van der Waals surface area contributed by atoms with E-state index < -0.39 is 11.6 Å². The maximum absolute atomic E-state index is 14.8. The molecule has 0 bridgehead atoms. The van der Waals surface area contributed by atoms with Gasteiger partial charge in [0.25, 0.3) is 5.91 Å². The third kappa shape index (κ3) is 6.56. The molecule has 1 amide bonds. The molecule has 5 aromatic rings. The van der Waals surface area contributed by atoms with Gasteiger partial charge in [0.2, 0.25) is 5.90 Å². The van der Waals surface area contributed by atoms with E-state index in [2.05, 4.69) is 66.0 Å². The first-order valence-electron chi connectivity index (χ1n) is 16.3. The first kappa shape index (κ1) is 30.5. The molecule has 0 aromatic heterocycles. The summed E-state index contributed by atoms with van der Waals surface area (Å²) in [5, 5.41) is 12.5. The third-order valence-corrected chi connectivity index (χ3v) is 9.05. The molecule has 5 aromatic carbocycles. The number of fused-ring (bicyclic) bond motifs is 1. The van der Waals surface area contributed by atoms with Gasteiger partial charge in [-0.25, -0.2) is 4.99 Å². The lowest BCUT2D eigenvalue weighted by atomic mass is 9.81. The van der Waals surface area contributed by atoms with E-state index in [-0.39, 0.29) is 18.6 Å². The van der Waals surface area contributed by atoms with Crippen molar-refractivity contribution in [1.82, 2.24) is 5.32 Å². The van der Waals surface area contributed by atoms with E-state index in [0.717, 1.165) is 40.7 Å². The van der Waals surface area contributed by atoms with Crippen molar-refractivity contribution in [2.24, 2.45) is 4.99 Å². The fourth-order valence-electron chi connectivity index (χ4n) is 6.64. The molecule has 236 valence electrons. The van der Waals surface area contributed by atoms with Crippen molar-refractivity contribution in [3.8, 4) is 16.9 Å². The smallest absolute Gasteiger partial charge is 0.252 e. The Balaban J connectivity index is 1.27. The molecular formula is C41H38N2O4. The Morgan fingerprint density at radius 1 is 0.766 bits per heavy atom. The van der Waals surface area contributed by atoms with Crippen LogP contribution in [0.15, 0.2) is 138 Å². The minimum Gasteiger partial charge on any atom is -0.494 e. The number of nitrogens with zero attached hydrogens (tertiary/aromatic N) is 1. The van der Waals surface area contributed by atoms with Gasteiger partial charge in [-0.3, -0.25) is 4.79 Å². The zero-order chi connectivity index (χ0) is 32.1. The van der Waals surface area contributed by atoms with Crippen molar-refractivity contribution < 1.29 is 19.4 Å². The summed E-state index contributed by atoms with van der Waals surface area (Å²) >= 11 is 0. The van der Waals surface area contributed by atoms with Crippen LogP contribution in [0.5, 0.6) is 5.75 Å². The Hall–Kier alpha value is -5.20. The summed E-state index contributed by atoms with van der Waals surface area (Å²) in [5.74, 6) is 0.975. The molecule has 7 rings (SSSR count). The lowest BCUT2D eigenvalue weighted by Crippen LogP contribution is -2.53. The van der Waals surface area contributed by atoms with Crippen LogP contribution in [0, 0.1) is 0 Å². The molecule has 47 heavy (non-hydrogen) atoms. The Labute approximate surface area is 275 Å². The molecule has 0 radical (unpaired) electrons. The largest absolute Gasteiger partial charge is 0.494 e. The lowest BCUT2D eigenvalue weighted by molar-refractivity contribution is -0.129. The van der Waals surface area contributed by atoms with Crippen LogP contribution in [-0.4, -0.2) is 41.7 Å². The molecule has 1 heterocycles. The number of hydrogen-bond acceptors (Lipinski definition) is 5. The summed E-state index contributed by atoms with van der Waals surface area (Å²) in [6.07, 6.45) is 1.85. The Morgan fingerprint density at radius 3 is 2.02 bits per heavy atom. The predicted octanol–water partition coefficient (Wildman–Crippen LogP) is 6.90. The topological polar surface area (TPSA) is 80.2 Å². The number of rotatable bonds is 11. The quantitative estimate of drug-likeness (QED) is 0.157. The van der Waals surface area contributed by atoms with Crippen molar-refractivity contribution >= 4 is 11.8 Å². The second-order valence-corrected chi connectivity index (χ2v) is 12.3. The molecule has 0 unspecified atom stereocenters. The van der Waals surface area contributed by atoms with E-state index in [9.17, 15) is 4.79 Å². The number of aliphatic hydroxyl groups excluding tert-OH is 1. The van der Waals surface area contributed by atoms with Crippen molar-refractivity contribution in [2.45, 2.75) is 43.4 Å². The standard InChI is InChI=1S/C41H38N2O4/c44-24-9-25-46-37-22-20-33(21-23-37)39-43-41(28-29-10-3-1-4-11-29,40(45)42-36-26-34-14-7-8-15-35(34)27-36)38(47-39)32-18-16-31(17-19-32)30-12-5-2-6-13-30/h1-8,10-23,36,38,44H,9,24-28H2,(H,42,45)/t38-,41-/m1/s1. The number of benzene rings is 5. The number of carbonyl (C=O) groups is 1. The SMILES string of the molecule is O=C(NC1Cc2ccccc2C1)[C@]1(Cc2ccccc2)N=C(c2ccc(OCCCO)cc2)O[C@@H]1c1ccc(-c2ccccc2)cc1. The van der Waals surface area contributed by atoms with Crippen molar-refractivity contribution in [2.75, 3.05) is 13.2 Å². The highest BCUT2D eigenvalue weighted by Gasteiger charge is 2.53. The van der Waals surface area contributed by atoms with Gasteiger partial charge in [-0.1, -0.05) is 109 Å². The summed E-state index contributed by atoms with van der Waals surface area (Å²) in [7, 11) is 0. The van der Waals surface area contributed by atoms with Crippen LogP contribution < -0.4 is 10.1 Å². The molecule has 6 nitrogen and oxygen atoms in total. The van der Waals surface area contributed by atoms with Crippen LogP contribution in [0.25, 0.3) is 11.1 Å². The molecule has 0 saturated carbocycles. The van der Waals surface area contributed by atoms with Crippen LogP contribution in [0.3, 0.4) is 0 Å². The Bertz CT molecular complexity index is 1810. The minimum atomic E-state index is -1.25. The average Bonchev–Trinajstić information content (AvgIpc) is 3.71. The molecule has 1 aliphatic heterocycles. The van der Waals surface area contributed by atoms with E-state index in [0.29, 0.717) is 31.1 Å². The van der Waals surface area contributed by atoms with Crippen LogP contribution in [0.4, 0.5) is 0 Å². The van der Waals surface area contributed by atoms with E-state index in [1.807, 2.05) is 72.8 Å². The Morgan fingerprint density at radius 2 is 1.36 bits per heavy atom. The molecular weight excluding hydrogens is 584 g/mol. The van der Waals surface area contributed by atoms with Gasteiger partial charge in [-0.05, 0) is 70.5 Å². The molecule has 1 aliphatic carbocycles.